The summed E-state index contributed by atoms with van der Waals surface area (Å²) in [7, 11) is 0. The van der Waals surface area contributed by atoms with E-state index in [1.165, 1.54) is 11.8 Å². The maximum atomic E-state index is 12.8. The van der Waals surface area contributed by atoms with Crippen LogP contribution in [0, 0.1) is 0 Å². The van der Waals surface area contributed by atoms with Gasteiger partial charge < -0.3 is 4.90 Å². The summed E-state index contributed by atoms with van der Waals surface area (Å²) in [5.41, 5.74) is 3.43. The van der Waals surface area contributed by atoms with Crippen molar-refractivity contribution in [3.05, 3.63) is 53.6 Å². The summed E-state index contributed by atoms with van der Waals surface area (Å²) >= 11 is 3.07. The fourth-order valence-corrected chi connectivity index (χ4v) is 5.08. The number of rotatable bonds is 4. The van der Waals surface area contributed by atoms with E-state index in [0.717, 1.165) is 44.9 Å². The Morgan fingerprint density at radius 1 is 1.24 bits per heavy atom. The van der Waals surface area contributed by atoms with E-state index in [1.54, 1.807) is 22.3 Å². The highest BCUT2D eigenvalue weighted by atomic mass is 32.2. The van der Waals surface area contributed by atoms with Gasteiger partial charge in [-0.15, -0.1) is 11.3 Å². The molecule has 2 aromatic carbocycles. The van der Waals surface area contributed by atoms with Crippen molar-refractivity contribution < 1.29 is 9.59 Å². The average molecular weight is 368 g/mol. The van der Waals surface area contributed by atoms with E-state index >= 15 is 0 Å². The van der Waals surface area contributed by atoms with E-state index in [1.807, 2.05) is 36.4 Å². The molecule has 1 aliphatic rings. The molecule has 1 aliphatic heterocycles. The number of aldehydes is 1. The molecule has 4 nitrogen and oxygen atoms in total. The number of nitrogens with zero attached hydrogens (tertiary/aromatic N) is 2. The number of benzene rings is 2. The molecular formula is C19H16N2O2S2. The monoisotopic (exact) mass is 368 g/mol. The Balaban J connectivity index is 1.53. The molecular weight excluding hydrogens is 352 g/mol. The predicted molar refractivity (Wildman–Crippen MR) is 103 cm³/mol. The van der Waals surface area contributed by atoms with Gasteiger partial charge in [-0.3, -0.25) is 9.59 Å². The van der Waals surface area contributed by atoms with Crippen LogP contribution < -0.4 is 4.90 Å². The highest BCUT2D eigenvalue weighted by Crippen LogP contribution is 2.33. The first-order valence-corrected chi connectivity index (χ1v) is 9.92. The van der Waals surface area contributed by atoms with Crippen LogP contribution in [0.15, 0.2) is 46.8 Å². The van der Waals surface area contributed by atoms with Crippen molar-refractivity contribution in [3.8, 4) is 0 Å². The number of hydrogen-bond donors (Lipinski definition) is 0. The molecule has 0 saturated heterocycles. The van der Waals surface area contributed by atoms with Crippen LogP contribution in [0.1, 0.15) is 22.3 Å². The van der Waals surface area contributed by atoms with Gasteiger partial charge >= 0.3 is 0 Å². The first-order chi connectivity index (χ1) is 12.3. The molecule has 6 heteroatoms. The van der Waals surface area contributed by atoms with Crippen LogP contribution in [0.2, 0.25) is 0 Å². The van der Waals surface area contributed by atoms with Gasteiger partial charge in [0.2, 0.25) is 5.91 Å². The second-order valence-electron chi connectivity index (χ2n) is 5.86. The van der Waals surface area contributed by atoms with Gasteiger partial charge in [0, 0.05) is 12.1 Å². The van der Waals surface area contributed by atoms with Gasteiger partial charge in [0.15, 0.2) is 10.6 Å². The molecule has 0 bridgehead atoms. The lowest BCUT2D eigenvalue weighted by atomic mass is 9.98. The summed E-state index contributed by atoms with van der Waals surface area (Å²) in [5, 5.41) is 0. The third kappa shape index (κ3) is 3.19. The van der Waals surface area contributed by atoms with Crippen LogP contribution in [0.25, 0.3) is 10.2 Å². The Labute approximate surface area is 153 Å². The zero-order valence-electron chi connectivity index (χ0n) is 13.5. The predicted octanol–water partition coefficient (Wildman–Crippen LogP) is 4.18. The number of carbonyl (C=O) groups excluding carboxylic acids is 2. The molecule has 0 fully saturated rings. The molecule has 0 atom stereocenters. The van der Waals surface area contributed by atoms with E-state index in [0.29, 0.717) is 17.9 Å². The first kappa shape index (κ1) is 16.3. The fourth-order valence-electron chi connectivity index (χ4n) is 3.14. The molecule has 0 spiro atoms. The molecule has 25 heavy (non-hydrogen) atoms. The zero-order chi connectivity index (χ0) is 17.2. The fraction of sp³-hybridized carbons (Fsp3) is 0.211. The highest BCUT2D eigenvalue weighted by molar-refractivity contribution is 8.01. The second kappa shape index (κ2) is 6.98. The van der Waals surface area contributed by atoms with Crippen molar-refractivity contribution in [1.82, 2.24) is 4.98 Å². The smallest absolute Gasteiger partial charge is 0.237 e. The summed E-state index contributed by atoms with van der Waals surface area (Å²) < 4.78 is 2.03. The van der Waals surface area contributed by atoms with E-state index in [9.17, 15) is 9.59 Å². The minimum absolute atomic E-state index is 0.0273. The number of aryl methyl sites for hydroxylation is 1. The summed E-state index contributed by atoms with van der Waals surface area (Å²) in [6.45, 7) is 0.664. The summed E-state index contributed by atoms with van der Waals surface area (Å²) in [6, 6.07) is 13.6. The Hall–Kier alpha value is -2.18. The molecule has 0 radical (unpaired) electrons. The number of anilines is 1. The van der Waals surface area contributed by atoms with Crippen molar-refractivity contribution in [1.29, 1.82) is 0 Å². The Kier molecular flexibility index (Phi) is 4.55. The summed E-state index contributed by atoms with van der Waals surface area (Å²) in [5.74, 6) is 0.353. The molecule has 3 aromatic rings. The molecule has 0 N–H and O–H groups in total. The standard InChI is InChI=1S/C19H16N2O2S2/c22-11-14-6-3-5-13-7-4-10-21(18(13)14)17(23)12-24-19-20-15-8-1-2-9-16(15)25-19/h1-3,5-6,8-9,11H,4,7,10,12H2. The Bertz CT molecular complexity index is 919. The number of para-hydroxylation sites is 2. The van der Waals surface area contributed by atoms with Crippen molar-refractivity contribution >= 4 is 51.2 Å². The number of aromatic nitrogens is 1. The van der Waals surface area contributed by atoms with Crippen molar-refractivity contribution in [2.75, 3.05) is 17.2 Å². The molecule has 1 amide bonds. The van der Waals surface area contributed by atoms with E-state index < -0.39 is 0 Å². The lowest BCUT2D eigenvalue weighted by molar-refractivity contribution is -0.116. The number of thioether (sulfide) groups is 1. The topological polar surface area (TPSA) is 50.3 Å². The number of hydrogen-bond acceptors (Lipinski definition) is 5. The van der Waals surface area contributed by atoms with Gasteiger partial charge in [0.05, 0.1) is 21.7 Å². The quantitative estimate of drug-likeness (QED) is 0.512. The van der Waals surface area contributed by atoms with Crippen LogP contribution >= 0.6 is 23.1 Å². The van der Waals surface area contributed by atoms with Crippen molar-refractivity contribution in [2.45, 2.75) is 17.2 Å². The molecule has 0 unspecified atom stereocenters. The molecule has 2 heterocycles. The summed E-state index contributed by atoms with van der Waals surface area (Å²) in [4.78, 5) is 30.5. The number of thiazole rings is 1. The Morgan fingerprint density at radius 3 is 2.96 bits per heavy atom. The minimum atomic E-state index is 0.0273. The molecule has 0 saturated carbocycles. The lowest BCUT2D eigenvalue weighted by Crippen LogP contribution is -2.37. The van der Waals surface area contributed by atoms with Crippen LogP contribution in [0.4, 0.5) is 5.69 Å². The maximum Gasteiger partial charge on any atom is 0.237 e. The number of fused-ring (bicyclic) bond motifs is 2. The normalized spacial score (nSPS) is 13.7. The molecule has 126 valence electrons. The zero-order valence-corrected chi connectivity index (χ0v) is 15.1. The lowest BCUT2D eigenvalue weighted by Gasteiger charge is -2.30. The van der Waals surface area contributed by atoms with Crippen LogP contribution in [-0.2, 0) is 11.2 Å². The minimum Gasteiger partial charge on any atom is -0.311 e. The average Bonchev–Trinajstić information content (AvgIpc) is 3.08. The van der Waals surface area contributed by atoms with Gasteiger partial charge in [-0.25, -0.2) is 4.98 Å². The Morgan fingerprint density at radius 2 is 2.12 bits per heavy atom. The van der Waals surface area contributed by atoms with Crippen LogP contribution in [0.3, 0.4) is 0 Å². The number of amides is 1. The SMILES string of the molecule is O=Cc1cccc2c1N(C(=O)CSc1nc3ccccc3s1)CCC2. The third-order valence-corrected chi connectivity index (χ3v) is 6.43. The van der Waals surface area contributed by atoms with Crippen molar-refractivity contribution in [2.24, 2.45) is 0 Å². The number of carbonyl (C=O) groups is 2. The third-order valence-electron chi connectivity index (χ3n) is 4.27. The summed E-state index contributed by atoms with van der Waals surface area (Å²) in [6.07, 6.45) is 2.67. The second-order valence-corrected chi connectivity index (χ2v) is 8.11. The van der Waals surface area contributed by atoms with Gasteiger partial charge in [-0.05, 0) is 36.6 Å². The van der Waals surface area contributed by atoms with E-state index in [4.69, 9.17) is 0 Å². The van der Waals surface area contributed by atoms with Crippen LogP contribution in [-0.4, -0.2) is 29.5 Å². The molecule has 0 aliphatic carbocycles. The largest absolute Gasteiger partial charge is 0.311 e. The maximum absolute atomic E-state index is 12.8. The van der Waals surface area contributed by atoms with Crippen LogP contribution in [0.5, 0.6) is 0 Å². The highest BCUT2D eigenvalue weighted by Gasteiger charge is 2.25. The van der Waals surface area contributed by atoms with Gasteiger partial charge in [0.25, 0.3) is 0 Å². The molecule has 1 aromatic heterocycles. The van der Waals surface area contributed by atoms with Gasteiger partial charge in [-0.2, -0.15) is 0 Å². The van der Waals surface area contributed by atoms with Crippen molar-refractivity contribution in [3.63, 3.8) is 0 Å². The van der Waals surface area contributed by atoms with Gasteiger partial charge in [-0.1, -0.05) is 36.0 Å². The van der Waals surface area contributed by atoms with E-state index in [-0.39, 0.29) is 5.91 Å². The molecule has 4 rings (SSSR count). The first-order valence-electron chi connectivity index (χ1n) is 8.12. The van der Waals surface area contributed by atoms with Gasteiger partial charge in [0.1, 0.15) is 0 Å². The van der Waals surface area contributed by atoms with E-state index in [2.05, 4.69) is 4.98 Å².